The number of aliphatic hydroxyl groups excluding tert-OH is 1. The number of aliphatic carboxylic acids is 2. The molecule has 0 spiro atoms. The van der Waals surface area contributed by atoms with Crippen LogP contribution in [-0.4, -0.2) is 45.3 Å². The summed E-state index contributed by atoms with van der Waals surface area (Å²) in [6, 6.07) is -1.24. The van der Waals surface area contributed by atoms with Crippen LogP contribution in [0.15, 0.2) is 0 Å². The second-order valence-electron chi connectivity index (χ2n) is 6.87. The molecular formula is C19H35NO6. The molecule has 0 radical (unpaired) electrons. The lowest BCUT2D eigenvalue weighted by Gasteiger charge is -2.15. The molecule has 0 aliphatic heterocycles. The second kappa shape index (κ2) is 15.6. The van der Waals surface area contributed by atoms with E-state index in [0.29, 0.717) is 6.42 Å². The molecule has 0 saturated heterocycles. The molecule has 1 unspecified atom stereocenters. The number of hydrogen-bond donors (Lipinski definition) is 4. The Morgan fingerprint density at radius 3 is 1.88 bits per heavy atom. The Hall–Kier alpha value is -1.63. The van der Waals surface area contributed by atoms with E-state index in [2.05, 4.69) is 12.2 Å². The van der Waals surface area contributed by atoms with Gasteiger partial charge in [0.2, 0.25) is 5.91 Å². The zero-order valence-corrected chi connectivity index (χ0v) is 15.9. The predicted molar refractivity (Wildman–Crippen MR) is 98.9 cm³/mol. The lowest BCUT2D eigenvalue weighted by Crippen LogP contribution is -2.42. The van der Waals surface area contributed by atoms with Gasteiger partial charge in [0, 0.05) is 6.42 Å². The quantitative estimate of drug-likeness (QED) is 0.290. The van der Waals surface area contributed by atoms with Crippen molar-refractivity contribution in [3.05, 3.63) is 0 Å². The lowest BCUT2D eigenvalue weighted by molar-refractivity contribution is -0.143. The van der Waals surface area contributed by atoms with Crippen LogP contribution in [0.25, 0.3) is 0 Å². The standard InChI is InChI=1S/C19H35NO6/c1-2-3-4-5-6-7-8-9-10-11-15(21)14-17(22)20-16(19(25)26)12-13-18(23)24/h15-16,21H,2-14H2,1H3,(H,20,22)(H,23,24)(H,25,26)/t15?,16-/m0/s1. The number of hydrogen-bond acceptors (Lipinski definition) is 4. The highest BCUT2D eigenvalue weighted by atomic mass is 16.4. The number of amides is 1. The van der Waals surface area contributed by atoms with Gasteiger partial charge in [-0.3, -0.25) is 9.59 Å². The summed E-state index contributed by atoms with van der Waals surface area (Å²) < 4.78 is 0. The van der Waals surface area contributed by atoms with Crippen LogP contribution in [0.1, 0.15) is 90.4 Å². The maximum Gasteiger partial charge on any atom is 0.326 e. The molecule has 7 nitrogen and oxygen atoms in total. The number of aliphatic hydroxyl groups is 1. The monoisotopic (exact) mass is 373 g/mol. The van der Waals surface area contributed by atoms with Crippen LogP contribution in [0.5, 0.6) is 0 Å². The van der Waals surface area contributed by atoms with Crippen LogP contribution < -0.4 is 5.32 Å². The van der Waals surface area contributed by atoms with E-state index in [1.165, 1.54) is 38.5 Å². The topological polar surface area (TPSA) is 124 Å². The molecular weight excluding hydrogens is 338 g/mol. The van der Waals surface area contributed by atoms with Crippen LogP contribution in [0.4, 0.5) is 0 Å². The summed E-state index contributed by atoms with van der Waals surface area (Å²) in [4.78, 5) is 33.3. The maximum atomic E-state index is 11.8. The van der Waals surface area contributed by atoms with Crippen molar-refractivity contribution in [3.8, 4) is 0 Å². The first-order valence-electron chi connectivity index (χ1n) is 9.78. The van der Waals surface area contributed by atoms with Crippen molar-refractivity contribution < 1.29 is 29.7 Å². The van der Waals surface area contributed by atoms with Gasteiger partial charge in [0.1, 0.15) is 6.04 Å². The number of rotatable bonds is 17. The van der Waals surface area contributed by atoms with Crippen LogP contribution in [0.2, 0.25) is 0 Å². The molecule has 0 aromatic rings. The summed E-state index contributed by atoms with van der Waals surface area (Å²) in [7, 11) is 0. The maximum absolute atomic E-state index is 11.8. The van der Waals surface area contributed by atoms with Gasteiger partial charge in [-0.2, -0.15) is 0 Å². The normalized spacial score (nSPS) is 13.2. The molecule has 0 fully saturated rings. The fourth-order valence-corrected chi connectivity index (χ4v) is 2.79. The van der Waals surface area contributed by atoms with Crippen molar-refractivity contribution in [2.45, 2.75) is 103 Å². The molecule has 0 aromatic heterocycles. The van der Waals surface area contributed by atoms with E-state index >= 15 is 0 Å². The number of carbonyl (C=O) groups is 3. The molecule has 2 atom stereocenters. The molecule has 152 valence electrons. The van der Waals surface area contributed by atoms with Crippen LogP contribution >= 0.6 is 0 Å². The van der Waals surface area contributed by atoms with Gasteiger partial charge in [-0.25, -0.2) is 4.79 Å². The Morgan fingerprint density at radius 2 is 1.38 bits per heavy atom. The zero-order chi connectivity index (χ0) is 19.8. The highest BCUT2D eigenvalue weighted by Gasteiger charge is 2.22. The number of carbonyl (C=O) groups excluding carboxylic acids is 1. The van der Waals surface area contributed by atoms with Crippen molar-refractivity contribution in [1.82, 2.24) is 5.32 Å². The second-order valence-corrected chi connectivity index (χ2v) is 6.87. The number of nitrogens with one attached hydrogen (secondary N) is 1. The molecule has 0 aromatic carbocycles. The van der Waals surface area contributed by atoms with Crippen molar-refractivity contribution in [3.63, 3.8) is 0 Å². The highest BCUT2D eigenvalue weighted by Crippen LogP contribution is 2.12. The third kappa shape index (κ3) is 14.7. The fourth-order valence-electron chi connectivity index (χ4n) is 2.79. The first kappa shape index (κ1) is 24.4. The number of carboxylic acids is 2. The molecule has 0 rings (SSSR count). The zero-order valence-electron chi connectivity index (χ0n) is 15.9. The van der Waals surface area contributed by atoms with Gasteiger partial charge in [-0.1, -0.05) is 64.7 Å². The SMILES string of the molecule is CCCCCCCCCCCC(O)CC(=O)N[C@@H](CCC(=O)O)C(=O)O. The van der Waals surface area contributed by atoms with Crippen molar-refractivity contribution in [2.24, 2.45) is 0 Å². The minimum Gasteiger partial charge on any atom is -0.481 e. The Morgan fingerprint density at radius 1 is 0.846 bits per heavy atom. The molecule has 0 aliphatic rings. The molecule has 26 heavy (non-hydrogen) atoms. The Balaban J connectivity index is 3.80. The summed E-state index contributed by atoms with van der Waals surface area (Å²) in [5, 5.41) is 29.7. The Labute approximate surface area is 156 Å². The molecule has 0 saturated carbocycles. The number of unbranched alkanes of at least 4 members (excludes halogenated alkanes) is 8. The minimum atomic E-state index is -1.27. The smallest absolute Gasteiger partial charge is 0.326 e. The van der Waals surface area contributed by atoms with Gasteiger partial charge in [-0.15, -0.1) is 0 Å². The van der Waals surface area contributed by atoms with E-state index < -0.39 is 30.0 Å². The van der Waals surface area contributed by atoms with Gasteiger partial charge in [0.15, 0.2) is 0 Å². The molecule has 0 aliphatic carbocycles. The van der Waals surface area contributed by atoms with Gasteiger partial charge >= 0.3 is 11.9 Å². The van der Waals surface area contributed by atoms with E-state index in [9.17, 15) is 19.5 Å². The van der Waals surface area contributed by atoms with E-state index in [1.54, 1.807) is 0 Å². The summed E-state index contributed by atoms with van der Waals surface area (Å²) in [5.74, 6) is -2.95. The van der Waals surface area contributed by atoms with E-state index in [4.69, 9.17) is 10.2 Å². The predicted octanol–water partition coefficient (Wildman–Crippen LogP) is 3.09. The van der Waals surface area contributed by atoms with Gasteiger partial charge in [0.25, 0.3) is 0 Å². The fraction of sp³-hybridized carbons (Fsp3) is 0.842. The third-order valence-corrected chi connectivity index (χ3v) is 4.34. The van der Waals surface area contributed by atoms with Crippen molar-refractivity contribution >= 4 is 17.8 Å². The van der Waals surface area contributed by atoms with Crippen LogP contribution in [0.3, 0.4) is 0 Å². The van der Waals surface area contributed by atoms with Gasteiger partial charge in [0.05, 0.1) is 12.5 Å². The van der Waals surface area contributed by atoms with Crippen molar-refractivity contribution in [1.29, 1.82) is 0 Å². The Kier molecular flexibility index (Phi) is 14.6. The van der Waals surface area contributed by atoms with Crippen molar-refractivity contribution in [2.75, 3.05) is 0 Å². The summed E-state index contributed by atoms with van der Waals surface area (Å²) in [6.07, 6.45) is 9.60. The lowest BCUT2D eigenvalue weighted by atomic mass is 10.0. The van der Waals surface area contributed by atoms with Gasteiger partial charge in [-0.05, 0) is 12.8 Å². The number of carboxylic acid groups (broad SMARTS) is 2. The Bertz CT molecular complexity index is 413. The molecule has 4 N–H and O–H groups in total. The summed E-state index contributed by atoms with van der Waals surface area (Å²) in [5.41, 5.74) is 0. The van der Waals surface area contributed by atoms with E-state index in [-0.39, 0.29) is 19.3 Å². The molecule has 1 amide bonds. The average Bonchev–Trinajstić information content (AvgIpc) is 2.56. The van der Waals surface area contributed by atoms with Crippen LogP contribution in [-0.2, 0) is 14.4 Å². The van der Waals surface area contributed by atoms with Gasteiger partial charge < -0.3 is 20.6 Å². The summed E-state index contributed by atoms with van der Waals surface area (Å²) >= 11 is 0. The first-order valence-corrected chi connectivity index (χ1v) is 9.78. The van der Waals surface area contributed by atoms with Crippen LogP contribution in [0, 0.1) is 0 Å². The highest BCUT2D eigenvalue weighted by molar-refractivity contribution is 5.84. The van der Waals surface area contributed by atoms with E-state index in [0.717, 1.165) is 19.3 Å². The average molecular weight is 373 g/mol. The molecule has 0 bridgehead atoms. The molecule has 0 heterocycles. The molecule has 7 heteroatoms. The van der Waals surface area contributed by atoms with E-state index in [1.807, 2.05) is 0 Å². The summed E-state index contributed by atoms with van der Waals surface area (Å²) in [6.45, 7) is 2.20. The largest absolute Gasteiger partial charge is 0.481 e. The minimum absolute atomic E-state index is 0.159. The first-order chi connectivity index (χ1) is 12.4. The third-order valence-electron chi connectivity index (χ3n) is 4.34.